The van der Waals surface area contributed by atoms with Crippen LogP contribution in [0.3, 0.4) is 0 Å². The van der Waals surface area contributed by atoms with Gasteiger partial charge in [-0.25, -0.2) is 4.79 Å². The molecule has 1 unspecified atom stereocenters. The van der Waals surface area contributed by atoms with Crippen molar-refractivity contribution in [2.24, 2.45) is 0 Å². The Morgan fingerprint density at radius 3 is 1.83 bits per heavy atom. The summed E-state index contributed by atoms with van der Waals surface area (Å²) in [7, 11) is 0. The van der Waals surface area contributed by atoms with Crippen molar-refractivity contribution in [3.63, 3.8) is 0 Å². The summed E-state index contributed by atoms with van der Waals surface area (Å²) in [6, 6.07) is 0. The smallest absolute Gasteiger partial charge is 0.345 e. The third-order valence-electron chi connectivity index (χ3n) is 3.15. The number of aliphatic carboxylic acids is 1. The normalized spacial score (nSPS) is 13.4. The Hall–Kier alpha value is -2.10. The molecule has 0 bridgehead atoms. The molecule has 0 saturated carbocycles. The second-order valence-electron chi connectivity index (χ2n) is 5.26. The van der Waals surface area contributed by atoms with Crippen LogP contribution >= 0.6 is 0 Å². The maximum absolute atomic E-state index is 11.5. The van der Waals surface area contributed by atoms with Crippen molar-refractivity contribution in [1.82, 2.24) is 0 Å². The van der Waals surface area contributed by atoms with Gasteiger partial charge >= 0.3 is 11.9 Å². The third kappa shape index (κ3) is 13.6. The first kappa shape index (κ1) is 21.9. The zero-order valence-electron chi connectivity index (χ0n) is 14.8. The fourth-order valence-electron chi connectivity index (χ4n) is 1.82. The quantitative estimate of drug-likeness (QED) is 0.381. The van der Waals surface area contributed by atoms with Gasteiger partial charge in [-0.15, -0.1) is 0 Å². The summed E-state index contributed by atoms with van der Waals surface area (Å²) in [4.78, 5) is 22.2. The first-order chi connectivity index (χ1) is 11.6. The molecular weight excluding hydrogens is 304 g/mol. The van der Waals surface area contributed by atoms with Crippen LogP contribution in [0.15, 0.2) is 48.6 Å². The summed E-state index contributed by atoms with van der Waals surface area (Å²) in [6.07, 6.45) is 20.5. The third-order valence-corrected chi connectivity index (χ3v) is 3.15. The highest BCUT2D eigenvalue weighted by Gasteiger charge is 2.19. The minimum Gasteiger partial charge on any atom is -0.479 e. The second kappa shape index (κ2) is 15.8. The van der Waals surface area contributed by atoms with Gasteiger partial charge < -0.3 is 9.84 Å². The lowest BCUT2D eigenvalue weighted by Crippen LogP contribution is -2.25. The van der Waals surface area contributed by atoms with Crippen LogP contribution < -0.4 is 0 Å². The summed E-state index contributed by atoms with van der Waals surface area (Å²) in [6.45, 7) is 3.80. The van der Waals surface area contributed by atoms with Gasteiger partial charge in [-0.05, 0) is 38.5 Å². The van der Waals surface area contributed by atoms with E-state index in [9.17, 15) is 9.59 Å². The summed E-state index contributed by atoms with van der Waals surface area (Å²) < 4.78 is 4.87. The number of carbonyl (C=O) groups is 2. The number of hydrogen-bond donors (Lipinski definition) is 1. The second-order valence-corrected chi connectivity index (χ2v) is 5.26. The molecule has 1 atom stereocenters. The SMILES string of the molecule is CC/C=C\C/C=C\C/C=C\C/C=C\CCC(=O)OC(CC)C(=O)O. The van der Waals surface area contributed by atoms with E-state index in [1.54, 1.807) is 6.92 Å². The number of esters is 1. The molecule has 0 spiro atoms. The Balaban J connectivity index is 3.71. The first-order valence-electron chi connectivity index (χ1n) is 8.64. The van der Waals surface area contributed by atoms with Crippen molar-refractivity contribution in [3.8, 4) is 0 Å². The van der Waals surface area contributed by atoms with Gasteiger partial charge in [0.15, 0.2) is 6.10 Å². The van der Waals surface area contributed by atoms with Gasteiger partial charge in [0, 0.05) is 6.42 Å². The fraction of sp³-hybridized carbons (Fsp3) is 0.500. The van der Waals surface area contributed by atoms with E-state index in [4.69, 9.17) is 9.84 Å². The van der Waals surface area contributed by atoms with Crippen LogP contribution in [0.25, 0.3) is 0 Å². The van der Waals surface area contributed by atoms with Crippen LogP contribution in [0, 0.1) is 0 Å². The molecule has 0 saturated heterocycles. The monoisotopic (exact) mass is 334 g/mol. The Morgan fingerprint density at radius 1 is 0.875 bits per heavy atom. The van der Waals surface area contributed by atoms with Gasteiger partial charge in [0.25, 0.3) is 0 Å². The van der Waals surface area contributed by atoms with E-state index in [2.05, 4.69) is 43.4 Å². The zero-order valence-corrected chi connectivity index (χ0v) is 14.8. The number of carbonyl (C=O) groups excluding carboxylic acids is 1. The van der Waals surface area contributed by atoms with Crippen LogP contribution in [-0.4, -0.2) is 23.1 Å². The van der Waals surface area contributed by atoms with Crippen molar-refractivity contribution >= 4 is 11.9 Å². The first-order valence-corrected chi connectivity index (χ1v) is 8.64. The summed E-state index contributed by atoms with van der Waals surface area (Å²) in [5, 5.41) is 8.80. The van der Waals surface area contributed by atoms with Crippen molar-refractivity contribution in [2.45, 2.75) is 64.9 Å². The highest BCUT2D eigenvalue weighted by atomic mass is 16.6. The molecule has 0 fully saturated rings. The van der Waals surface area contributed by atoms with Crippen LogP contribution in [0.4, 0.5) is 0 Å². The summed E-state index contributed by atoms with van der Waals surface area (Å²) in [5.41, 5.74) is 0. The van der Waals surface area contributed by atoms with Crippen molar-refractivity contribution in [2.75, 3.05) is 0 Å². The number of carboxylic acids is 1. The van der Waals surface area contributed by atoms with E-state index in [1.807, 2.05) is 12.2 Å². The van der Waals surface area contributed by atoms with Gasteiger partial charge in [0.1, 0.15) is 0 Å². The topological polar surface area (TPSA) is 63.6 Å². The van der Waals surface area contributed by atoms with Gasteiger partial charge in [0.2, 0.25) is 0 Å². The molecule has 0 aromatic heterocycles. The van der Waals surface area contributed by atoms with E-state index >= 15 is 0 Å². The molecule has 0 radical (unpaired) electrons. The van der Waals surface area contributed by atoms with Crippen LogP contribution in [0.1, 0.15) is 58.8 Å². The molecule has 4 heteroatoms. The Kier molecular flexibility index (Phi) is 14.4. The predicted octanol–water partition coefficient (Wildman–Crippen LogP) is 4.98. The Labute approximate surface area is 145 Å². The number of hydrogen-bond acceptors (Lipinski definition) is 3. The van der Waals surface area contributed by atoms with E-state index in [-0.39, 0.29) is 12.8 Å². The highest BCUT2D eigenvalue weighted by Crippen LogP contribution is 2.03. The summed E-state index contributed by atoms with van der Waals surface area (Å²) >= 11 is 0. The minimum atomic E-state index is -1.10. The van der Waals surface area contributed by atoms with Gasteiger partial charge in [0.05, 0.1) is 0 Å². The van der Waals surface area contributed by atoms with Crippen molar-refractivity contribution < 1.29 is 19.4 Å². The predicted molar refractivity (Wildman–Crippen MR) is 97.7 cm³/mol. The largest absolute Gasteiger partial charge is 0.479 e. The van der Waals surface area contributed by atoms with Crippen LogP contribution in [0.5, 0.6) is 0 Å². The van der Waals surface area contributed by atoms with E-state index in [1.165, 1.54) is 0 Å². The zero-order chi connectivity index (χ0) is 18.0. The Morgan fingerprint density at radius 2 is 1.38 bits per heavy atom. The highest BCUT2D eigenvalue weighted by molar-refractivity contribution is 5.77. The number of rotatable bonds is 13. The molecule has 0 aliphatic rings. The van der Waals surface area contributed by atoms with Crippen LogP contribution in [0.2, 0.25) is 0 Å². The molecule has 0 aliphatic carbocycles. The molecule has 0 heterocycles. The molecule has 24 heavy (non-hydrogen) atoms. The lowest BCUT2D eigenvalue weighted by molar-refractivity contribution is -0.164. The standard InChI is InChI=1S/C20H30O4/c1-3-5-6-7-8-9-10-11-12-13-14-15-16-17-19(21)24-18(4-2)20(22)23/h5-6,8-9,11-12,14-15,18H,3-4,7,10,13,16-17H2,1-2H3,(H,22,23)/b6-5-,9-8-,12-11-,15-14-. The Bertz CT molecular complexity index is 458. The maximum Gasteiger partial charge on any atom is 0.345 e. The molecule has 1 N–H and O–H groups in total. The van der Waals surface area contributed by atoms with E-state index in [0.29, 0.717) is 6.42 Å². The maximum atomic E-state index is 11.5. The molecule has 0 rings (SSSR count). The molecule has 0 aromatic carbocycles. The molecule has 0 aromatic rings. The van der Waals surface area contributed by atoms with Crippen molar-refractivity contribution in [3.05, 3.63) is 48.6 Å². The number of carboxylic acid groups (broad SMARTS) is 1. The van der Waals surface area contributed by atoms with E-state index in [0.717, 1.165) is 25.7 Å². The van der Waals surface area contributed by atoms with Gasteiger partial charge in [-0.1, -0.05) is 62.5 Å². The number of allylic oxidation sites excluding steroid dienone is 8. The fourth-order valence-corrected chi connectivity index (χ4v) is 1.82. The van der Waals surface area contributed by atoms with Crippen molar-refractivity contribution in [1.29, 1.82) is 0 Å². The lowest BCUT2D eigenvalue weighted by atomic mass is 10.2. The van der Waals surface area contributed by atoms with E-state index < -0.39 is 18.0 Å². The molecule has 0 amide bonds. The minimum absolute atomic E-state index is 0.206. The molecule has 4 nitrogen and oxygen atoms in total. The van der Waals surface area contributed by atoms with Gasteiger partial charge in [-0.3, -0.25) is 4.79 Å². The summed E-state index contributed by atoms with van der Waals surface area (Å²) in [5.74, 6) is -1.56. The molecule has 0 aliphatic heterocycles. The van der Waals surface area contributed by atoms with Crippen LogP contribution in [-0.2, 0) is 14.3 Å². The number of ether oxygens (including phenoxy) is 1. The average molecular weight is 334 g/mol. The molecule has 134 valence electrons. The average Bonchev–Trinajstić information content (AvgIpc) is 2.56. The van der Waals surface area contributed by atoms with Gasteiger partial charge in [-0.2, -0.15) is 0 Å². The molecular formula is C20H30O4. The lowest BCUT2D eigenvalue weighted by Gasteiger charge is -2.10.